The van der Waals surface area contributed by atoms with Crippen molar-refractivity contribution >= 4 is 23.7 Å². The molecule has 1 heterocycles. The van der Waals surface area contributed by atoms with E-state index in [0.717, 1.165) is 23.2 Å². The Bertz CT molecular complexity index is 712. The number of amides is 2. The maximum Gasteiger partial charge on any atom is 0.243 e. The van der Waals surface area contributed by atoms with Crippen molar-refractivity contribution in [3.05, 3.63) is 41.0 Å². The van der Waals surface area contributed by atoms with Gasteiger partial charge in [-0.05, 0) is 38.3 Å². The van der Waals surface area contributed by atoms with Gasteiger partial charge in [0.1, 0.15) is 6.04 Å². The van der Waals surface area contributed by atoms with Gasteiger partial charge in [-0.1, -0.05) is 31.2 Å². The van der Waals surface area contributed by atoms with Crippen LogP contribution in [0.3, 0.4) is 0 Å². The highest BCUT2D eigenvalue weighted by Crippen LogP contribution is 2.28. The largest absolute Gasteiger partial charge is 0.348 e. The number of rotatable bonds is 8. The van der Waals surface area contributed by atoms with Crippen molar-refractivity contribution < 1.29 is 9.59 Å². The Kier molecular flexibility index (Phi) is 6.70. The number of nitrogens with one attached hydrogen (secondary N) is 1. The first-order valence-electron chi connectivity index (χ1n) is 8.53. The number of thiazole rings is 1. The van der Waals surface area contributed by atoms with E-state index in [2.05, 4.69) is 22.4 Å². The molecule has 1 aromatic heterocycles. The minimum absolute atomic E-state index is 0.119. The highest BCUT2D eigenvalue weighted by Gasteiger charge is 2.23. The zero-order chi connectivity index (χ0) is 18.4. The van der Waals surface area contributed by atoms with Crippen molar-refractivity contribution in [1.82, 2.24) is 15.2 Å². The molecule has 1 N–H and O–H groups in total. The van der Waals surface area contributed by atoms with Crippen LogP contribution in [0.5, 0.6) is 0 Å². The monoisotopic (exact) mass is 359 g/mol. The highest BCUT2D eigenvalue weighted by atomic mass is 32.1. The third-order valence-corrected chi connectivity index (χ3v) is 5.35. The summed E-state index contributed by atoms with van der Waals surface area (Å²) >= 11 is 1.62. The first-order valence-corrected chi connectivity index (χ1v) is 9.41. The molecular formula is C19H25N3O2S. The van der Waals surface area contributed by atoms with Gasteiger partial charge < -0.3 is 10.2 Å². The fourth-order valence-electron chi connectivity index (χ4n) is 2.83. The Hall–Kier alpha value is -2.21. The van der Waals surface area contributed by atoms with E-state index in [1.165, 1.54) is 9.78 Å². The number of carbonyl (C=O) groups excluding carboxylic acids is 2. The van der Waals surface area contributed by atoms with Crippen molar-refractivity contribution in [1.29, 1.82) is 0 Å². The SMILES string of the molecule is CC[C@@H](C(=O)N[C@@H](C)c1ccc(-c2scnc2C)cc1)N(C=O)CC. The smallest absolute Gasteiger partial charge is 0.243 e. The molecule has 2 atom stereocenters. The molecule has 0 saturated carbocycles. The number of aryl methyl sites for hydroxylation is 1. The third kappa shape index (κ3) is 4.45. The summed E-state index contributed by atoms with van der Waals surface area (Å²) < 4.78 is 0. The zero-order valence-electron chi connectivity index (χ0n) is 15.2. The maximum absolute atomic E-state index is 12.5. The van der Waals surface area contributed by atoms with Crippen LogP contribution in [0, 0.1) is 6.92 Å². The Balaban J connectivity index is 2.07. The third-order valence-electron chi connectivity index (χ3n) is 4.37. The number of hydrogen-bond acceptors (Lipinski definition) is 4. The summed E-state index contributed by atoms with van der Waals surface area (Å²) in [6, 6.07) is 7.61. The first-order chi connectivity index (χ1) is 12.0. The lowest BCUT2D eigenvalue weighted by Crippen LogP contribution is -2.46. The number of nitrogens with zero attached hydrogens (tertiary/aromatic N) is 2. The zero-order valence-corrected chi connectivity index (χ0v) is 16.0. The van der Waals surface area contributed by atoms with E-state index >= 15 is 0 Å². The van der Waals surface area contributed by atoms with Crippen LogP contribution in [0.1, 0.15) is 44.5 Å². The molecule has 0 saturated heterocycles. The normalized spacial score (nSPS) is 13.1. The molecule has 5 nitrogen and oxygen atoms in total. The van der Waals surface area contributed by atoms with Crippen molar-refractivity contribution in [3.8, 4) is 10.4 Å². The van der Waals surface area contributed by atoms with Gasteiger partial charge in [-0.25, -0.2) is 4.98 Å². The van der Waals surface area contributed by atoms with Gasteiger partial charge in [0.25, 0.3) is 0 Å². The van der Waals surface area contributed by atoms with Crippen LogP contribution in [0.25, 0.3) is 10.4 Å². The van der Waals surface area contributed by atoms with E-state index in [0.29, 0.717) is 13.0 Å². The molecule has 0 radical (unpaired) electrons. The molecule has 0 unspecified atom stereocenters. The van der Waals surface area contributed by atoms with Crippen LogP contribution in [-0.2, 0) is 9.59 Å². The van der Waals surface area contributed by atoms with Crippen molar-refractivity contribution in [2.24, 2.45) is 0 Å². The highest BCUT2D eigenvalue weighted by molar-refractivity contribution is 7.13. The second kappa shape index (κ2) is 8.76. The quantitative estimate of drug-likeness (QED) is 0.733. The van der Waals surface area contributed by atoms with Crippen molar-refractivity contribution in [3.63, 3.8) is 0 Å². The van der Waals surface area contributed by atoms with E-state index in [1.807, 2.05) is 45.3 Å². The van der Waals surface area contributed by atoms with E-state index in [4.69, 9.17) is 0 Å². The molecule has 0 aliphatic heterocycles. The van der Waals surface area contributed by atoms with Gasteiger partial charge in [0, 0.05) is 6.54 Å². The molecule has 0 aliphatic rings. The molecule has 1 aromatic carbocycles. The summed E-state index contributed by atoms with van der Waals surface area (Å²) in [5.41, 5.74) is 5.03. The van der Waals surface area contributed by atoms with Crippen LogP contribution < -0.4 is 5.32 Å². The summed E-state index contributed by atoms with van der Waals surface area (Å²) in [7, 11) is 0. The maximum atomic E-state index is 12.5. The lowest BCUT2D eigenvalue weighted by molar-refractivity contribution is -0.133. The molecule has 134 valence electrons. The summed E-state index contributed by atoms with van der Waals surface area (Å²) in [5, 5.41) is 3.01. The Morgan fingerprint density at radius 3 is 2.48 bits per heavy atom. The van der Waals surface area contributed by atoms with Crippen LogP contribution in [-0.4, -0.2) is 34.8 Å². The van der Waals surface area contributed by atoms with Gasteiger partial charge in [-0.2, -0.15) is 0 Å². The number of hydrogen-bond donors (Lipinski definition) is 1. The molecular weight excluding hydrogens is 334 g/mol. The standard InChI is InChI=1S/C19H25N3O2S/c1-5-17(22(6-2)12-23)19(24)21-13(3)15-7-9-16(10-8-15)18-14(4)20-11-25-18/h7-13,17H,5-6H2,1-4H3,(H,21,24)/t13-,17-/m0/s1. The minimum Gasteiger partial charge on any atom is -0.348 e. The van der Waals surface area contributed by atoms with Crippen LogP contribution in [0.15, 0.2) is 29.8 Å². The predicted molar refractivity (Wildman–Crippen MR) is 101 cm³/mol. The average molecular weight is 359 g/mol. The topological polar surface area (TPSA) is 62.3 Å². The van der Waals surface area contributed by atoms with Gasteiger partial charge >= 0.3 is 0 Å². The Morgan fingerprint density at radius 1 is 1.32 bits per heavy atom. The molecule has 2 rings (SSSR count). The van der Waals surface area contributed by atoms with E-state index in [-0.39, 0.29) is 11.9 Å². The lowest BCUT2D eigenvalue weighted by Gasteiger charge is -2.27. The number of benzene rings is 1. The predicted octanol–water partition coefficient (Wildman–Crippen LogP) is 3.55. The molecule has 25 heavy (non-hydrogen) atoms. The van der Waals surface area contributed by atoms with Gasteiger partial charge in [0.2, 0.25) is 12.3 Å². The van der Waals surface area contributed by atoms with E-state index in [1.54, 1.807) is 11.3 Å². The fraction of sp³-hybridized carbons (Fsp3) is 0.421. The summed E-state index contributed by atoms with van der Waals surface area (Å²) in [6.07, 6.45) is 1.33. The second-order valence-electron chi connectivity index (χ2n) is 5.98. The number of aromatic nitrogens is 1. The number of carbonyl (C=O) groups is 2. The van der Waals surface area contributed by atoms with Crippen LogP contribution >= 0.6 is 11.3 Å². The molecule has 2 amide bonds. The van der Waals surface area contributed by atoms with Crippen LogP contribution in [0.4, 0.5) is 0 Å². The molecule has 2 aromatic rings. The molecule has 0 spiro atoms. The first kappa shape index (κ1) is 19.1. The van der Waals surface area contributed by atoms with Crippen molar-refractivity contribution in [2.45, 2.75) is 46.2 Å². The van der Waals surface area contributed by atoms with E-state index in [9.17, 15) is 9.59 Å². The minimum atomic E-state index is -0.427. The van der Waals surface area contributed by atoms with Gasteiger partial charge in [0.05, 0.1) is 22.1 Å². The van der Waals surface area contributed by atoms with Crippen LogP contribution in [0.2, 0.25) is 0 Å². The summed E-state index contributed by atoms with van der Waals surface area (Å²) in [6.45, 7) is 8.25. The molecule has 0 fully saturated rings. The average Bonchev–Trinajstić information content (AvgIpc) is 3.05. The lowest BCUT2D eigenvalue weighted by atomic mass is 10.0. The summed E-state index contributed by atoms with van der Waals surface area (Å²) in [4.78, 5) is 30.6. The second-order valence-corrected chi connectivity index (χ2v) is 6.83. The van der Waals surface area contributed by atoms with E-state index < -0.39 is 6.04 Å². The molecule has 0 aliphatic carbocycles. The van der Waals surface area contributed by atoms with Crippen molar-refractivity contribution in [2.75, 3.05) is 6.54 Å². The van der Waals surface area contributed by atoms with Gasteiger partial charge in [-0.15, -0.1) is 11.3 Å². The Labute approximate surface area is 153 Å². The summed E-state index contributed by atoms with van der Waals surface area (Å²) in [5.74, 6) is -0.119. The van der Waals surface area contributed by atoms with Gasteiger partial charge in [-0.3, -0.25) is 9.59 Å². The number of likely N-dealkylation sites (N-methyl/N-ethyl adjacent to an activating group) is 1. The fourth-order valence-corrected chi connectivity index (χ4v) is 3.65. The Morgan fingerprint density at radius 2 is 2.00 bits per heavy atom. The molecule has 0 bridgehead atoms. The molecule has 6 heteroatoms. The van der Waals surface area contributed by atoms with Gasteiger partial charge in [0.15, 0.2) is 0 Å².